The molecular formula is C5H7O. The highest BCUT2D eigenvalue weighted by Gasteiger charge is 1.64. The third-order valence-corrected chi connectivity index (χ3v) is 0.326. The fourth-order valence-electron chi connectivity index (χ4n) is 0.124. The molecule has 0 spiro atoms. The van der Waals surface area contributed by atoms with Crippen molar-refractivity contribution in [1.82, 2.24) is 0 Å². The molecule has 0 saturated carbocycles. The molecule has 0 bridgehead atoms. The van der Waals surface area contributed by atoms with E-state index < -0.39 is 0 Å². The lowest BCUT2D eigenvalue weighted by Gasteiger charge is -1.80. The van der Waals surface area contributed by atoms with E-state index >= 15 is 0 Å². The van der Waals surface area contributed by atoms with Crippen molar-refractivity contribution in [3.8, 4) is 0 Å². The molecule has 0 aliphatic heterocycles. The summed E-state index contributed by atoms with van der Waals surface area (Å²) in [6.45, 7) is 6.42. The normalized spacial score (nSPS) is 10.3. The van der Waals surface area contributed by atoms with Crippen LogP contribution < -0.4 is 0 Å². The number of rotatable bonds is 2. The molecule has 0 heterocycles. The van der Waals surface area contributed by atoms with E-state index in [0.29, 0.717) is 0 Å². The number of hydrogen-bond acceptors (Lipinski definition) is 1. The van der Waals surface area contributed by atoms with Gasteiger partial charge in [0.2, 0.25) is 0 Å². The first-order valence-electron chi connectivity index (χ1n) is 1.64. The van der Waals surface area contributed by atoms with Crippen LogP contribution in [0.15, 0.2) is 12.2 Å². The highest BCUT2D eigenvalue weighted by molar-refractivity contribution is 4.90. The SMILES string of the molecule is [CH]C=C[CH]OC. The predicted molar refractivity (Wildman–Crippen MR) is 24.7 cm³/mol. The van der Waals surface area contributed by atoms with Crippen LogP contribution in [0.4, 0.5) is 0 Å². The molecule has 6 heavy (non-hydrogen) atoms. The van der Waals surface area contributed by atoms with E-state index in [1.807, 2.05) is 0 Å². The van der Waals surface area contributed by atoms with Gasteiger partial charge in [0, 0.05) is 7.11 Å². The van der Waals surface area contributed by atoms with Crippen LogP contribution in [-0.4, -0.2) is 7.11 Å². The molecule has 0 unspecified atom stereocenters. The summed E-state index contributed by atoms with van der Waals surface area (Å²) in [5.74, 6) is 0. The number of ether oxygens (including phenoxy) is 1. The Morgan fingerprint density at radius 1 is 1.67 bits per heavy atom. The Hall–Kier alpha value is -0.300. The Labute approximate surface area is 38.6 Å². The van der Waals surface area contributed by atoms with Crippen LogP contribution in [0.5, 0.6) is 0 Å². The van der Waals surface area contributed by atoms with Crippen LogP contribution in [0.1, 0.15) is 0 Å². The van der Waals surface area contributed by atoms with Crippen molar-refractivity contribution < 1.29 is 4.74 Å². The minimum absolute atomic E-state index is 1.41. The highest BCUT2D eigenvalue weighted by atomic mass is 16.5. The second kappa shape index (κ2) is 4.70. The maximum Gasteiger partial charge on any atom is 0.105 e. The molecule has 0 fully saturated rings. The molecule has 33 valence electrons. The van der Waals surface area contributed by atoms with Crippen molar-refractivity contribution in [3.63, 3.8) is 0 Å². The first kappa shape index (κ1) is 5.70. The monoisotopic (exact) mass is 83.0 g/mol. The summed E-state index contributed by atoms with van der Waals surface area (Å²) in [5, 5.41) is 0. The second-order valence-corrected chi connectivity index (χ2v) is 0.757. The van der Waals surface area contributed by atoms with Crippen molar-refractivity contribution >= 4 is 0 Å². The van der Waals surface area contributed by atoms with Crippen LogP contribution in [0.3, 0.4) is 0 Å². The van der Waals surface area contributed by atoms with Gasteiger partial charge >= 0.3 is 0 Å². The minimum Gasteiger partial charge on any atom is -0.374 e. The molecule has 0 aromatic carbocycles. The van der Waals surface area contributed by atoms with E-state index in [9.17, 15) is 0 Å². The van der Waals surface area contributed by atoms with E-state index in [-0.39, 0.29) is 0 Å². The molecule has 1 heteroatoms. The lowest BCUT2D eigenvalue weighted by Crippen LogP contribution is -1.68. The topological polar surface area (TPSA) is 9.23 Å². The van der Waals surface area contributed by atoms with Crippen LogP contribution in [0.2, 0.25) is 0 Å². The summed E-state index contributed by atoms with van der Waals surface area (Å²) in [4.78, 5) is 0. The van der Waals surface area contributed by atoms with Crippen molar-refractivity contribution in [2.75, 3.05) is 7.11 Å². The molecule has 0 rings (SSSR count). The quantitative estimate of drug-likeness (QED) is 0.485. The van der Waals surface area contributed by atoms with Gasteiger partial charge < -0.3 is 4.74 Å². The van der Waals surface area contributed by atoms with Gasteiger partial charge in [-0.3, -0.25) is 0 Å². The third-order valence-electron chi connectivity index (χ3n) is 0.326. The van der Waals surface area contributed by atoms with E-state index in [1.165, 1.54) is 12.7 Å². The largest absolute Gasteiger partial charge is 0.374 e. The number of hydrogen-bond donors (Lipinski definition) is 0. The molecule has 0 atom stereocenters. The van der Waals surface area contributed by atoms with E-state index in [0.717, 1.165) is 0 Å². The smallest absolute Gasteiger partial charge is 0.105 e. The zero-order valence-corrected chi connectivity index (χ0v) is 3.72. The third kappa shape index (κ3) is 3.70. The lowest BCUT2D eigenvalue weighted by molar-refractivity contribution is 0.296. The van der Waals surface area contributed by atoms with Crippen molar-refractivity contribution in [2.24, 2.45) is 0 Å². The Morgan fingerprint density at radius 2 is 2.33 bits per heavy atom. The summed E-state index contributed by atoms with van der Waals surface area (Å²) >= 11 is 0. The standard InChI is InChI=1S/C5H7O/c1-3-4-5-6-2/h1,3-5H,2H3. The van der Waals surface area contributed by atoms with Crippen molar-refractivity contribution in [2.45, 2.75) is 0 Å². The van der Waals surface area contributed by atoms with Gasteiger partial charge in [0.05, 0.1) is 0 Å². The van der Waals surface area contributed by atoms with Gasteiger partial charge in [-0.05, 0) is 6.92 Å². The van der Waals surface area contributed by atoms with Crippen LogP contribution >= 0.6 is 0 Å². The summed E-state index contributed by atoms with van der Waals surface area (Å²) in [7, 11) is 1.57. The average molecular weight is 83.1 g/mol. The Balaban J connectivity index is 2.66. The molecule has 0 aromatic heterocycles. The summed E-state index contributed by atoms with van der Waals surface area (Å²) in [6.07, 6.45) is 3.02. The minimum atomic E-state index is 1.41. The van der Waals surface area contributed by atoms with Gasteiger partial charge in [0.25, 0.3) is 0 Å². The molecular weight excluding hydrogens is 76.1 g/mol. The second-order valence-electron chi connectivity index (χ2n) is 0.757. The Bertz CT molecular complexity index is 39.2. The van der Waals surface area contributed by atoms with Gasteiger partial charge in [-0.1, -0.05) is 12.2 Å². The van der Waals surface area contributed by atoms with Gasteiger partial charge in [-0.25, -0.2) is 0 Å². The first-order valence-corrected chi connectivity index (χ1v) is 1.64. The van der Waals surface area contributed by atoms with E-state index in [1.54, 1.807) is 13.2 Å². The maximum atomic E-state index is 4.92. The molecule has 0 aliphatic rings. The molecule has 0 amide bonds. The van der Waals surface area contributed by atoms with Crippen LogP contribution in [0.25, 0.3) is 0 Å². The molecule has 0 saturated heterocycles. The van der Waals surface area contributed by atoms with Gasteiger partial charge in [-0.15, -0.1) is 0 Å². The lowest BCUT2D eigenvalue weighted by atomic mass is 10.6. The maximum absolute atomic E-state index is 4.92. The van der Waals surface area contributed by atoms with Gasteiger partial charge in [0.15, 0.2) is 0 Å². The number of methoxy groups -OCH3 is 1. The molecule has 0 aliphatic carbocycles. The molecule has 3 radical (unpaired) electrons. The molecule has 0 aromatic rings. The zero-order valence-electron chi connectivity index (χ0n) is 3.72. The Morgan fingerprint density at radius 3 is 2.50 bits per heavy atom. The number of allylic oxidation sites excluding steroid dienone is 1. The van der Waals surface area contributed by atoms with E-state index in [2.05, 4.69) is 4.74 Å². The summed E-state index contributed by atoms with van der Waals surface area (Å²) in [5.41, 5.74) is 0. The summed E-state index contributed by atoms with van der Waals surface area (Å²) in [6, 6.07) is 0. The van der Waals surface area contributed by atoms with Crippen molar-refractivity contribution in [1.29, 1.82) is 0 Å². The average Bonchev–Trinajstić information content (AvgIpc) is 1.61. The molecule has 0 N–H and O–H groups in total. The van der Waals surface area contributed by atoms with Crippen LogP contribution in [0, 0.1) is 13.5 Å². The van der Waals surface area contributed by atoms with E-state index in [4.69, 9.17) is 6.92 Å². The zero-order chi connectivity index (χ0) is 4.83. The predicted octanol–water partition coefficient (Wildman–Crippen LogP) is 1.06. The summed E-state index contributed by atoms with van der Waals surface area (Å²) < 4.78 is 4.49. The van der Waals surface area contributed by atoms with Gasteiger partial charge in [0.1, 0.15) is 6.61 Å². The molecule has 1 nitrogen and oxygen atoms in total. The fraction of sp³-hybridized carbons (Fsp3) is 0.200. The van der Waals surface area contributed by atoms with Crippen LogP contribution in [-0.2, 0) is 4.74 Å². The highest BCUT2D eigenvalue weighted by Crippen LogP contribution is 1.76. The fourth-order valence-corrected chi connectivity index (χ4v) is 0.124. The first-order chi connectivity index (χ1) is 2.91. The van der Waals surface area contributed by atoms with Crippen molar-refractivity contribution in [3.05, 3.63) is 25.7 Å². The Kier molecular flexibility index (Phi) is 4.46. The van der Waals surface area contributed by atoms with Gasteiger partial charge in [-0.2, -0.15) is 0 Å².